The predicted octanol–water partition coefficient (Wildman–Crippen LogP) is 5.88. The number of amides is 1. The first-order valence-corrected chi connectivity index (χ1v) is 11.0. The van der Waals surface area contributed by atoms with Crippen LogP contribution in [-0.2, 0) is 17.8 Å². The summed E-state index contributed by atoms with van der Waals surface area (Å²) in [6.07, 6.45) is 4.49. The fourth-order valence-electron chi connectivity index (χ4n) is 3.30. The van der Waals surface area contributed by atoms with Crippen LogP contribution in [0.1, 0.15) is 58.7 Å². The minimum Gasteiger partial charge on any atom is -0.487 e. The Morgan fingerprint density at radius 2 is 1.73 bits per heavy atom. The molecule has 1 aromatic carbocycles. The highest BCUT2D eigenvalue weighted by Gasteiger charge is 2.27. The number of likely N-dealkylation sites (tertiary alicyclic amines) is 1. The van der Waals surface area contributed by atoms with Crippen LogP contribution in [0.5, 0.6) is 5.75 Å². The van der Waals surface area contributed by atoms with E-state index in [1.807, 2.05) is 82.0 Å². The molecule has 164 valence electrons. The molecule has 1 aliphatic heterocycles. The molecule has 2 aromatic rings. The molecule has 0 radical (unpaired) electrons. The minimum atomic E-state index is -0.442. The first-order valence-electron chi connectivity index (χ1n) is 11.0. The van der Waals surface area contributed by atoms with Crippen molar-refractivity contribution in [1.82, 2.24) is 9.88 Å². The molecule has 0 bridgehead atoms. The van der Waals surface area contributed by atoms with Crippen LogP contribution in [-0.4, -0.2) is 34.7 Å². The third-order valence-electron chi connectivity index (χ3n) is 4.81. The molecular formula is C25H36N2O3. The summed E-state index contributed by atoms with van der Waals surface area (Å²) in [5, 5.41) is 0. The van der Waals surface area contributed by atoms with Gasteiger partial charge in [0.25, 0.3) is 0 Å². The summed E-state index contributed by atoms with van der Waals surface area (Å²) in [6, 6.07) is 14.1. The van der Waals surface area contributed by atoms with Crippen LogP contribution in [0.4, 0.5) is 4.79 Å². The average molecular weight is 413 g/mol. The second-order valence-electron chi connectivity index (χ2n) is 8.37. The Bertz CT molecular complexity index is 746. The van der Waals surface area contributed by atoms with E-state index >= 15 is 0 Å². The van der Waals surface area contributed by atoms with Gasteiger partial charge in [-0.3, -0.25) is 4.98 Å². The van der Waals surface area contributed by atoms with Gasteiger partial charge in [0.05, 0.1) is 6.20 Å². The molecular weight excluding hydrogens is 376 g/mol. The lowest BCUT2D eigenvalue weighted by Gasteiger charge is -2.33. The molecule has 30 heavy (non-hydrogen) atoms. The van der Waals surface area contributed by atoms with Gasteiger partial charge in [-0.25, -0.2) is 4.79 Å². The number of aromatic nitrogens is 1. The Morgan fingerprint density at radius 1 is 1.07 bits per heavy atom. The highest BCUT2D eigenvalue weighted by molar-refractivity contribution is 5.68. The van der Waals surface area contributed by atoms with E-state index in [9.17, 15) is 4.79 Å². The number of carbonyl (C=O) groups excluding carboxylic acids is 1. The third-order valence-corrected chi connectivity index (χ3v) is 4.81. The highest BCUT2D eigenvalue weighted by Crippen LogP contribution is 2.23. The summed E-state index contributed by atoms with van der Waals surface area (Å²) in [5.74, 6) is 1.33. The van der Waals surface area contributed by atoms with E-state index in [0.29, 0.717) is 12.5 Å². The lowest BCUT2D eigenvalue weighted by atomic mass is 9.92. The summed E-state index contributed by atoms with van der Waals surface area (Å²) in [7, 11) is 0. The zero-order chi connectivity index (χ0) is 22.0. The lowest BCUT2D eigenvalue weighted by Crippen LogP contribution is -2.42. The first-order chi connectivity index (χ1) is 14.4. The van der Waals surface area contributed by atoms with E-state index in [2.05, 4.69) is 4.98 Å². The number of ether oxygens (including phenoxy) is 2. The third kappa shape index (κ3) is 8.05. The number of piperidine rings is 1. The van der Waals surface area contributed by atoms with Gasteiger partial charge in [-0.05, 0) is 63.6 Å². The minimum absolute atomic E-state index is 0.205. The molecule has 0 unspecified atom stereocenters. The number of rotatable bonds is 5. The van der Waals surface area contributed by atoms with Crippen LogP contribution in [0.3, 0.4) is 0 Å². The highest BCUT2D eigenvalue weighted by atomic mass is 16.6. The Hall–Kier alpha value is -2.56. The van der Waals surface area contributed by atoms with Crippen molar-refractivity contribution in [3.63, 3.8) is 0 Å². The van der Waals surface area contributed by atoms with Gasteiger partial charge in [0.1, 0.15) is 18.0 Å². The monoisotopic (exact) mass is 412 g/mol. The summed E-state index contributed by atoms with van der Waals surface area (Å²) in [4.78, 5) is 18.5. The maximum Gasteiger partial charge on any atom is 0.410 e. The van der Waals surface area contributed by atoms with Crippen LogP contribution >= 0.6 is 0 Å². The molecule has 1 fully saturated rings. The Balaban J connectivity index is 0.00000155. The molecule has 1 aromatic heterocycles. The van der Waals surface area contributed by atoms with Crippen LogP contribution in [0.25, 0.3) is 0 Å². The van der Waals surface area contributed by atoms with Crippen LogP contribution in [0.15, 0.2) is 48.7 Å². The number of carbonyl (C=O) groups is 1. The molecule has 5 heteroatoms. The zero-order valence-corrected chi connectivity index (χ0v) is 19.1. The van der Waals surface area contributed by atoms with E-state index in [-0.39, 0.29) is 6.09 Å². The summed E-state index contributed by atoms with van der Waals surface area (Å²) >= 11 is 0. The number of nitrogens with zero attached hydrogens (tertiary/aromatic N) is 2. The summed E-state index contributed by atoms with van der Waals surface area (Å²) in [5.41, 5.74) is 1.77. The average Bonchev–Trinajstić information content (AvgIpc) is 2.75. The molecule has 1 aliphatic rings. The molecule has 0 N–H and O–H groups in total. The van der Waals surface area contributed by atoms with Crippen molar-refractivity contribution in [3.8, 4) is 5.75 Å². The maximum absolute atomic E-state index is 12.2. The fraction of sp³-hybridized carbons (Fsp3) is 0.520. The molecule has 1 amide bonds. The molecule has 0 aliphatic carbocycles. The van der Waals surface area contributed by atoms with Gasteiger partial charge in [0.15, 0.2) is 0 Å². The Labute approximate surface area is 181 Å². The van der Waals surface area contributed by atoms with Crippen molar-refractivity contribution >= 4 is 6.09 Å². The van der Waals surface area contributed by atoms with Crippen LogP contribution in [0.2, 0.25) is 0 Å². The first kappa shape index (κ1) is 23.7. The number of hydrogen-bond donors (Lipinski definition) is 0. The molecule has 0 saturated carbocycles. The van der Waals surface area contributed by atoms with Gasteiger partial charge in [0, 0.05) is 18.8 Å². The lowest BCUT2D eigenvalue weighted by molar-refractivity contribution is 0.0184. The van der Waals surface area contributed by atoms with E-state index in [0.717, 1.165) is 49.4 Å². The van der Waals surface area contributed by atoms with E-state index < -0.39 is 5.60 Å². The smallest absolute Gasteiger partial charge is 0.410 e. The molecule has 3 rings (SSSR count). The van der Waals surface area contributed by atoms with Gasteiger partial charge < -0.3 is 14.4 Å². The van der Waals surface area contributed by atoms with Gasteiger partial charge in [-0.15, -0.1) is 0 Å². The van der Waals surface area contributed by atoms with Crippen molar-refractivity contribution in [2.24, 2.45) is 5.92 Å². The van der Waals surface area contributed by atoms with Gasteiger partial charge in [-0.1, -0.05) is 44.2 Å². The van der Waals surface area contributed by atoms with Crippen LogP contribution < -0.4 is 4.74 Å². The van der Waals surface area contributed by atoms with E-state index in [1.165, 1.54) is 0 Å². The Morgan fingerprint density at radius 3 is 2.30 bits per heavy atom. The molecule has 2 heterocycles. The standard InChI is InChI=1S/C23H30N2O3.C2H6/c1-23(2,3)28-22(26)25-13-11-18(12-14-25)15-20-9-10-21(16-24-20)27-17-19-7-5-4-6-8-19;1-2/h4-10,16,18H,11-15,17H2,1-3H3;1-2H3. The molecule has 1 saturated heterocycles. The second kappa shape index (κ2) is 11.6. The fourth-order valence-corrected chi connectivity index (χ4v) is 3.30. The molecule has 0 atom stereocenters. The maximum atomic E-state index is 12.2. The van der Waals surface area contributed by atoms with Gasteiger partial charge in [0.2, 0.25) is 0 Å². The topological polar surface area (TPSA) is 51.7 Å². The van der Waals surface area contributed by atoms with Crippen molar-refractivity contribution < 1.29 is 14.3 Å². The van der Waals surface area contributed by atoms with Crippen molar-refractivity contribution in [2.75, 3.05) is 13.1 Å². The van der Waals surface area contributed by atoms with Crippen LogP contribution in [0, 0.1) is 5.92 Å². The SMILES string of the molecule is CC.CC(C)(C)OC(=O)N1CCC(Cc2ccc(OCc3ccccc3)cn2)CC1. The van der Waals surface area contributed by atoms with E-state index in [1.54, 1.807) is 6.20 Å². The van der Waals surface area contributed by atoms with E-state index in [4.69, 9.17) is 9.47 Å². The zero-order valence-electron chi connectivity index (χ0n) is 19.1. The number of pyridine rings is 1. The number of hydrogen-bond acceptors (Lipinski definition) is 4. The molecule has 5 nitrogen and oxygen atoms in total. The van der Waals surface area contributed by atoms with Crippen molar-refractivity contribution in [1.29, 1.82) is 0 Å². The quantitative estimate of drug-likeness (QED) is 0.616. The summed E-state index contributed by atoms with van der Waals surface area (Å²) < 4.78 is 11.3. The molecule has 0 spiro atoms. The van der Waals surface area contributed by atoms with Crippen molar-refractivity contribution in [2.45, 2.75) is 66.1 Å². The van der Waals surface area contributed by atoms with Gasteiger partial charge >= 0.3 is 6.09 Å². The predicted molar refractivity (Wildman–Crippen MR) is 121 cm³/mol. The normalized spacial score (nSPS) is 14.5. The number of benzene rings is 1. The largest absolute Gasteiger partial charge is 0.487 e. The van der Waals surface area contributed by atoms with Crippen molar-refractivity contribution in [3.05, 3.63) is 59.9 Å². The van der Waals surface area contributed by atoms with Gasteiger partial charge in [-0.2, -0.15) is 0 Å². The summed E-state index contributed by atoms with van der Waals surface area (Å²) in [6.45, 7) is 11.7. The Kier molecular flexibility index (Phi) is 9.15. The second-order valence-corrected chi connectivity index (χ2v) is 8.37.